The molecule has 0 spiro atoms. The highest BCUT2D eigenvalue weighted by molar-refractivity contribution is 6.30. The molecule has 0 aliphatic carbocycles. The molecule has 0 unspecified atom stereocenters. The van der Waals surface area contributed by atoms with E-state index < -0.39 is 0 Å². The first kappa shape index (κ1) is 59.4. The summed E-state index contributed by atoms with van der Waals surface area (Å²) in [5.41, 5.74) is 6.47. The molecule has 18 heteroatoms. The lowest BCUT2D eigenvalue weighted by atomic mass is 9.98. The Kier molecular flexibility index (Phi) is 24.0. The van der Waals surface area contributed by atoms with Gasteiger partial charge in [-0.25, -0.2) is 0 Å². The maximum Gasteiger partial charge on any atom is 0.254 e. The number of nitrogens with one attached hydrogen (secondary N) is 2. The zero-order valence-electron chi connectivity index (χ0n) is 44.5. The monoisotopic (exact) mass is 1080 g/mol. The molecule has 0 bridgehead atoms. The van der Waals surface area contributed by atoms with E-state index in [9.17, 15) is 28.8 Å². The molecule has 16 nitrogen and oxygen atoms in total. The van der Waals surface area contributed by atoms with Gasteiger partial charge in [-0.15, -0.1) is 0 Å². The molecule has 0 saturated carbocycles. The van der Waals surface area contributed by atoms with E-state index in [0.717, 1.165) is 71.9 Å². The van der Waals surface area contributed by atoms with Crippen LogP contribution in [0.3, 0.4) is 0 Å². The zero-order valence-corrected chi connectivity index (χ0v) is 46.0. The number of hydrogen-bond donors (Lipinski definition) is 2. The fraction of sp³-hybridized carbons (Fsp3) is 0.483. The smallest absolute Gasteiger partial charge is 0.254 e. The van der Waals surface area contributed by atoms with E-state index in [2.05, 4.69) is 10.6 Å². The second-order valence-corrected chi connectivity index (χ2v) is 20.1. The SMILES string of the molecule is COCCN(CCOC)C(=O)c1cc2c(cc1C(=O)NCCc1ccc(Cl)cc1)CN(C(=O)CCCCCCCCC(=O)N1Cc3cc(C(=O)NCCc4ccc(Cl)cc4)c(C(=O)N(CCOC)CCOC)cc3C1)C2. The maximum atomic E-state index is 14.1. The lowest BCUT2D eigenvalue weighted by Gasteiger charge is -2.23. The molecule has 0 fully saturated rings. The molecular weight excluding hydrogens is 1010 g/mol. The lowest BCUT2D eigenvalue weighted by molar-refractivity contribution is -0.132. The van der Waals surface area contributed by atoms with E-state index in [-0.39, 0.29) is 57.7 Å². The topological polar surface area (TPSA) is 176 Å². The van der Waals surface area contributed by atoms with Gasteiger partial charge in [-0.2, -0.15) is 0 Å². The molecule has 410 valence electrons. The molecule has 2 aliphatic rings. The van der Waals surface area contributed by atoms with Crippen LogP contribution in [-0.4, -0.2) is 149 Å². The van der Waals surface area contributed by atoms with Crippen LogP contribution in [0, 0.1) is 0 Å². The second-order valence-electron chi connectivity index (χ2n) is 19.3. The van der Waals surface area contributed by atoms with Gasteiger partial charge in [-0.3, -0.25) is 28.8 Å². The first-order chi connectivity index (χ1) is 36.8. The van der Waals surface area contributed by atoms with Crippen molar-refractivity contribution in [2.45, 2.75) is 90.4 Å². The van der Waals surface area contributed by atoms with Crippen LogP contribution in [-0.2, 0) is 67.6 Å². The van der Waals surface area contributed by atoms with Gasteiger partial charge in [0.25, 0.3) is 23.6 Å². The molecule has 4 aromatic rings. The number of methoxy groups -OCH3 is 4. The predicted octanol–water partition coefficient (Wildman–Crippen LogP) is 7.91. The summed E-state index contributed by atoms with van der Waals surface area (Å²) in [7, 11) is 6.28. The number of benzene rings is 4. The summed E-state index contributed by atoms with van der Waals surface area (Å²) in [5, 5.41) is 7.25. The fourth-order valence-electron chi connectivity index (χ4n) is 9.47. The number of ether oxygens (including phenoxy) is 4. The van der Waals surface area contributed by atoms with E-state index in [1.807, 2.05) is 48.5 Å². The van der Waals surface area contributed by atoms with Crippen molar-refractivity contribution < 1.29 is 47.7 Å². The molecular formula is C58H74Cl2N6O10. The van der Waals surface area contributed by atoms with Crippen LogP contribution in [0.1, 0.15) is 126 Å². The molecule has 2 aliphatic heterocycles. The van der Waals surface area contributed by atoms with Crippen molar-refractivity contribution in [3.05, 3.63) is 138 Å². The largest absolute Gasteiger partial charge is 0.383 e. The van der Waals surface area contributed by atoms with Gasteiger partial charge in [0.1, 0.15) is 0 Å². The number of hydrogen-bond acceptors (Lipinski definition) is 10. The van der Waals surface area contributed by atoms with Gasteiger partial charge < -0.3 is 49.2 Å². The minimum Gasteiger partial charge on any atom is -0.383 e. The standard InChI is InChI=1S/C58H74Cl2N6O10/c1-73-29-25-63(26-30-74-2)57(71)51-35-45-39-65(37-43(45)33-49(51)55(69)61-23-21-41-13-17-47(59)18-14-41)53(67)11-9-7-5-6-8-10-12-54(68)66-38-44-34-50(56(70)62-24-22-42-15-19-48(60)20-16-42)52(36-46(44)40-66)58(72)64(27-31-75-3)28-32-76-4/h13-20,33-36H,5-12,21-32,37-40H2,1-4H3,(H,61,69)(H,62,70). The number of unbranched alkanes of at least 4 members (excludes halogenated alkanes) is 5. The van der Waals surface area contributed by atoms with Crippen LogP contribution in [0.5, 0.6) is 0 Å². The molecule has 0 aromatic heterocycles. The zero-order chi connectivity index (χ0) is 54.4. The number of rotatable bonds is 31. The van der Waals surface area contributed by atoms with Crippen molar-refractivity contribution in [1.29, 1.82) is 0 Å². The maximum absolute atomic E-state index is 14.1. The van der Waals surface area contributed by atoms with E-state index in [4.69, 9.17) is 42.1 Å². The fourth-order valence-corrected chi connectivity index (χ4v) is 9.72. The Morgan fingerprint density at radius 1 is 0.461 bits per heavy atom. The van der Waals surface area contributed by atoms with Crippen molar-refractivity contribution in [3.8, 4) is 0 Å². The Morgan fingerprint density at radius 3 is 1.08 bits per heavy atom. The molecule has 0 atom stereocenters. The second kappa shape index (κ2) is 30.8. The lowest BCUT2D eigenvalue weighted by Crippen LogP contribution is -2.38. The van der Waals surface area contributed by atoms with Gasteiger partial charge >= 0.3 is 0 Å². The van der Waals surface area contributed by atoms with Crippen LogP contribution in [0.2, 0.25) is 10.0 Å². The summed E-state index contributed by atoms with van der Waals surface area (Å²) >= 11 is 12.1. The number of fused-ring (bicyclic) bond motifs is 2. The summed E-state index contributed by atoms with van der Waals surface area (Å²) in [6, 6.07) is 21.9. The highest BCUT2D eigenvalue weighted by Crippen LogP contribution is 2.30. The van der Waals surface area contributed by atoms with Gasteiger partial charge in [0.2, 0.25) is 11.8 Å². The van der Waals surface area contributed by atoms with Crippen molar-refractivity contribution >= 4 is 58.6 Å². The Balaban J connectivity index is 0.976. The van der Waals surface area contributed by atoms with E-state index >= 15 is 0 Å². The Hall–Kier alpha value is -5.88. The highest BCUT2D eigenvalue weighted by atomic mass is 35.5. The first-order valence-electron chi connectivity index (χ1n) is 26.3. The molecule has 76 heavy (non-hydrogen) atoms. The summed E-state index contributed by atoms with van der Waals surface area (Å²) in [6.07, 6.45) is 6.96. The van der Waals surface area contributed by atoms with Crippen molar-refractivity contribution in [2.75, 3.05) is 94.1 Å². The van der Waals surface area contributed by atoms with E-state index in [1.54, 1.807) is 72.3 Å². The predicted molar refractivity (Wildman–Crippen MR) is 293 cm³/mol. The summed E-state index contributed by atoms with van der Waals surface area (Å²) < 4.78 is 21.1. The summed E-state index contributed by atoms with van der Waals surface area (Å²) in [4.78, 5) is 89.7. The third-order valence-electron chi connectivity index (χ3n) is 13.9. The Labute approximate surface area is 457 Å². The molecule has 2 heterocycles. The number of amides is 6. The number of halogens is 2. The normalized spacial score (nSPS) is 12.6. The van der Waals surface area contributed by atoms with Crippen molar-refractivity contribution in [1.82, 2.24) is 30.2 Å². The third kappa shape index (κ3) is 17.3. The Morgan fingerprint density at radius 2 is 0.763 bits per heavy atom. The van der Waals surface area contributed by atoms with Gasteiger partial charge in [0, 0.05) is 117 Å². The number of carbonyl (C=O) groups excluding carboxylic acids is 6. The van der Waals surface area contributed by atoms with E-state index in [1.165, 1.54) is 0 Å². The van der Waals surface area contributed by atoms with Crippen LogP contribution in [0.15, 0.2) is 72.8 Å². The van der Waals surface area contributed by atoms with Crippen LogP contribution in [0.4, 0.5) is 0 Å². The quantitative estimate of drug-likeness (QED) is 0.0471. The number of carbonyl (C=O) groups is 6. The molecule has 0 radical (unpaired) electrons. The average molecular weight is 1090 g/mol. The van der Waals surface area contributed by atoms with Crippen LogP contribution >= 0.6 is 23.2 Å². The molecule has 6 rings (SSSR count). The van der Waals surface area contributed by atoms with Gasteiger partial charge in [0.15, 0.2) is 0 Å². The summed E-state index contributed by atoms with van der Waals surface area (Å²) in [6.45, 7) is 4.67. The molecule has 0 saturated heterocycles. The summed E-state index contributed by atoms with van der Waals surface area (Å²) in [5.74, 6) is -1.31. The van der Waals surface area contributed by atoms with Gasteiger partial charge in [-0.05, 0) is 108 Å². The van der Waals surface area contributed by atoms with Crippen molar-refractivity contribution in [3.63, 3.8) is 0 Å². The van der Waals surface area contributed by atoms with Crippen LogP contribution < -0.4 is 10.6 Å². The van der Waals surface area contributed by atoms with Gasteiger partial charge in [-0.1, -0.05) is 73.2 Å². The molecule has 4 aromatic carbocycles. The number of nitrogens with zero attached hydrogens (tertiary/aromatic N) is 4. The van der Waals surface area contributed by atoms with Gasteiger partial charge in [0.05, 0.1) is 48.7 Å². The third-order valence-corrected chi connectivity index (χ3v) is 14.4. The van der Waals surface area contributed by atoms with Crippen LogP contribution in [0.25, 0.3) is 0 Å². The highest BCUT2D eigenvalue weighted by Gasteiger charge is 2.31. The Bertz CT molecular complexity index is 2400. The first-order valence-corrected chi connectivity index (χ1v) is 27.1. The average Bonchev–Trinajstić information content (AvgIpc) is 4.06. The minimum atomic E-state index is -0.364. The molecule has 6 amide bonds. The minimum absolute atomic E-state index is 0.0185. The molecule has 2 N–H and O–H groups in total. The van der Waals surface area contributed by atoms with Crippen molar-refractivity contribution in [2.24, 2.45) is 0 Å². The van der Waals surface area contributed by atoms with E-state index in [0.29, 0.717) is 128 Å².